The van der Waals surface area contributed by atoms with Gasteiger partial charge in [-0.3, -0.25) is 0 Å². The maximum Gasteiger partial charge on any atom is 0.130 e. The van der Waals surface area contributed by atoms with Gasteiger partial charge in [0.25, 0.3) is 0 Å². The Morgan fingerprint density at radius 2 is 0.964 bits per heavy atom. The van der Waals surface area contributed by atoms with E-state index in [1.807, 2.05) is 0 Å². The first-order valence-corrected chi connectivity index (χ1v) is 12.5. The highest BCUT2D eigenvalue weighted by Crippen LogP contribution is 2.14. The number of Topliss-reactive ketones (excluding diaryl/α,β-unsaturated/α-hetero) is 1. The van der Waals surface area contributed by atoms with Crippen molar-refractivity contribution in [1.82, 2.24) is 0 Å². The molecule has 0 aliphatic rings. The highest BCUT2D eigenvalue weighted by Gasteiger charge is 1.99. The topological polar surface area (TPSA) is 26.3 Å². The highest BCUT2D eigenvalue weighted by atomic mass is 16.5. The molecule has 0 N–H and O–H groups in total. The lowest BCUT2D eigenvalue weighted by Gasteiger charge is -2.08. The fourth-order valence-electron chi connectivity index (χ4n) is 3.61. The van der Waals surface area contributed by atoms with E-state index in [-0.39, 0.29) is 5.78 Å². The summed E-state index contributed by atoms with van der Waals surface area (Å²) in [5.74, 6) is 0.972. The van der Waals surface area contributed by atoms with Gasteiger partial charge in [0.05, 0.1) is 12.4 Å². The predicted octanol–water partition coefficient (Wildman–Crippen LogP) is 8.93. The van der Waals surface area contributed by atoms with E-state index in [2.05, 4.69) is 13.5 Å². The quantitative estimate of drug-likeness (QED) is 0.128. The van der Waals surface area contributed by atoms with Crippen LogP contribution in [0.25, 0.3) is 0 Å². The molecular weight excluding hydrogens is 344 g/mol. The first-order chi connectivity index (χ1) is 13.7. The van der Waals surface area contributed by atoms with Crippen LogP contribution in [0.1, 0.15) is 142 Å². The summed E-state index contributed by atoms with van der Waals surface area (Å²) < 4.78 is 5.57. The summed E-state index contributed by atoms with van der Waals surface area (Å²) in [5.41, 5.74) is 0. The SMILES string of the molecule is C=C(CCC(C)=O)OCCCCCCCCCCCCCCCCCCCC. The molecule has 0 aromatic rings. The molecule has 166 valence electrons. The van der Waals surface area contributed by atoms with Crippen molar-refractivity contribution in [2.24, 2.45) is 0 Å². The maximum atomic E-state index is 10.9. The predicted molar refractivity (Wildman–Crippen MR) is 124 cm³/mol. The molecule has 2 heteroatoms. The molecule has 0 aromatic carbocycles. The molecule has 28 heavy (non-hydrogen) atoms. The van der Waals surface area contributed by atoms with E-state index in [0.29, 0.717) is 12.8 Å². The second-order valence-corrected chi connectivity index (χ2v) is 8.60. The second kappa shape index (κ2) is 22.5. The van der Waals surface area contributed by atoms with Crippen LogP contribution in [-0.4, -0.2) is 12.4 Å². The smallest absolute Gasteiger partial charge is 0.130 e. The molecule has 0 aliphatic heterocycles. The van der Waals surface area contributed by atoms with Crippen LogP contribution in [0, 0.1) is 0 Å². The number of allylic oxidation sites excluding steroid dienone is 1. The minimum absolute atomic E-state index is 0.206. The van der Waals surface area contributed by atoms with E-state index >= 15 is 0 Å². The first-order valence-electron chi connectivity index (χ1n) is 12.5. The summed E-state index contributed by atoms with van der Waals surface area (Å²) in [4.78, 5) is 10.9. The third-order valence-corrected chi connectivity index (χ3v) is 5.56. The minimum Gasteiger partial charge on any atom is -0.499 e. The Kier molecular flexibility index (Phi) is 21.9. The molecule has 0 radical (unpaired) electrons. The average molecular weight is 395 g/mol. The zero-order valence-electron chi connectivity index (χ0n) is 19.4. The van der Waals surface area contributed by atoms with Crippen molar-refractivity contribution in [2.75, 3.05) is 6.61 Å². The Bertz CT molecular complexity index is 348. The maximum absolute atomic E-state index is 10.9. The highest BCUT2D eigenvalue weighted by molar-refractivity contribution is 5.75. The lowest BCUT2D eigenvalue weighted by Crippen LogP contribution is -1.97. The van der Waals surface area contributed by atoms with Gasteiger partial charge in [-0.15, -0.1) is 0 Å². The zero-order valence-corrected chi connectivity index (χ0v) is 19.4. The summed E-state index contributed by atoms with van der Waals surface area (Å²) in [7, 11) is 0. The molecule has 0 aliphatic carbocycles. The number of carbonyl (C=O) groups excluding carboxylic acids is 1. The van der Waals surface area contributed by atoms with Crippen molar-refractivity contribution in [3.63, 3.8) is 0 Å². The van der Waals surface area contributed by atoms with Gasteiger partial charge in [-0.05, 0) is 13.3 Å². The molecule has 0 fully saturated rings. The van der Waals surface area contributed by atoms with Gasteiger partial charge in [-0.1, -0.05) is 123 Å². The Morgan fingerprint density at radius 3 is 1.32 bits per heavy atom. The molecule has 0 amide bonds. The lowest BCUT2D eigenvalue weighted by molar-refractivity contribution is -0.117. The fraction of sp³-hybridized carbons (Fsp3) is 0.885. The van der Waals surface area contributed by atoms with Crippen molar-refractivity contribution in [2.45, 2.75) is 142 Å². The van der Waals surface area contributed by atoms with Crippen LogP contribution in [0.3, 0.4) is 0 Å². The van der Waals surface area contributed by atoms with Crippen LogP contribution in [0.4, 0.5) is 0 Å². The number of hydrogen-bond acceptors (Lipinski definition) is 2. The summed E-state index contributed by atoms with van der Waals surface area (Å²) >= 11 is 0. The summed E-state index contributed by atoms with van der Waals surface area (Å²) in [6.45, 7) is 8.53. The Labute approximate surface area is 176 Å². The number of ether oxygens (including phenoxy) is 1. The average Bonchev–Trinajstić information content (AvgIpc) is 2.68. The van der Waals surface area contributed by atoms with Crippen molar-refractivity contribution in [1.29, 1.82) is 0 Å². The van der Waals surface area contributed by atoms with E-state index in [1.54, 1.807) is 6.92 Å². The third-order valence-electron chi connectivity index (χ3n) is 5.56. The van der Waals surface area contributed by atoms with Crippen molar-refractivity contribution >= 4 is 5.78 Å². The molecule has 0 saturated heterocycles. The van der Waals surface area contributed by atoms with Crippen LogP contribution >= 0.6 is 0 Å². The molecule has 0 heterocycles. The molecule has 0 bridgehead atoms. The Morgan fingerprint density at radius 1 is 0.607 bits per heavy atom. The van der Waals surface area contributed by atoms with E-state index in [1.165, 1.54) is 109 Å². The van der Waals surface area contributed by atoms with Crippen LogP contribution in [0.15, 0.2) is 12.3 Å². The van der Waals surface area contributed by atoms with Gasteiger partial charge in [-0.2, -0.15) is 0 Å². The largest absolute Gasteiger partial charge is 0.499 e. The zero-order chi connectivity index (χ0) is 20.7. The molecule has 0 saturated carbocycles. The van der Waals surface area contributed by atoms with E-state index in [9.17, 15) is 4.79 Å². The van der Waals surface area contributed by atoms with E-state index in [4.69, 9.17) is 4.74 Å². The van der Waals surface area contributed by atoms with Crippen molar-refractivity contribution in [3.8, 4) is 0 Å². The van der Waals surface area contributed by atoms with Gasteiger partial charge in [0.2, 0.25) is 0 Å². The molecule has 2 nitrogen and oxygen atoms in total. The summed E-state index contributed by atoms with van der Waals surface area (Å²) in [6.07, 6.45) is 26.4. The third kappa shape index (κ3) is 23.2. The number of carbonyl (C=O) groups is 1. The Balaban J connectivity index is 3.08. The molecular formula is C26H50O2. The number of rotatable bonds is 23. The van der Waals surface area contributed by atoms with E-state index in [0.717, 1.165) is 18.8 Å². The van der Waals surface area contributed by atoms with Crippen LogP contribution < -0.4 is 0 Å². The van der Waals surface area contributed by atoms with Gasteiger partial charge in [0.15, 0.2) is 0 Å². The van der Waals surface area contributed by atoms with Gasteiger partial charge in [0.1, 0.15) is 5.78 Å². The van der Waals surface area contributed by atoms with Crippen molar-refractivity contribution in [3.05, 3.63) is 12.3 Å². The Hall–Kier alpha value is -0.790. The molecule has 0 rings (SSSR count). The van der Waals surface area contributed by atoms with Crippen LogP contribution in [0.5, 0.6) is 0 Å². The lowest BCUT2D eigenvalue weighted by atomic mass is 10.0. The van der Waals surface area contributed by atoms with Crippen LogP contribution in [0.2, 0.25) is 0 Å². The first kappa shape index (κ1) is 27.2. The fourth-order valence-corrected chi connectivity index (χ4v) is 3.61. The molecule has 0 unspecified atom stereocenters. The number of unbranched alkanes of at least 4 members (excludes halogenated alkanes) is 17. The van der Waals surface area contributed by atoms with Gasteiger partial charge in [-0.25, -0.2) is 0 Å². The number of ketones is 1. The van der Waals surface area contributed by atoms with Gasteiger partial charge in [0, 0.05) is 12.8 Å². The molecule has 0 spiro atoms. The summed E-state index contributed by atoms with van der Waals surface area (Å²) in [6, 6.07) is 0. The van der Waals surface area contributed by atoms with Gasteiger partial charge >= 0.3 is 0 Å². The minimum atomic E-state index is 0.206. The number of hydrogen-bond donors (Lipinski definition) is 0. The van der Waals surface area contributed by atoms with Gasteiger partial charge < -0.3 is 9.53 Å². The monoisotopic (exact) mass is 394 g/mol. The van der Waals surface area contributed by atoms with Crippen LogP contribution in [-0.2, 0) is 9.53 Å². The molecule has 0 aromatic heterocycles. The standard InChI is InChI=1S/C26H50O2/c1-4-5-6-7-8-9-10-11-12-13-14-15-16-17-18-19-20-21-24-28-26(3)23-22-25(2)27/h3-24H2,1-2H3. The van der Waals surface area contributed by atoms with E-state index < -0.39 is 0 Å². The second-order valence-electron chi connectivity index (χ2n) is 8.60. The van der Waals surface area contributed by atoms with Crippen molar-refractivity contribution < 1.29 is 9.53 Å². The normalized spacial score (nSPS) is 10.9. The summed E-state index contributed by atoms with van der Waals surface area (Å²) in [5, 5.41) is 0. The molecule has 0 atom stereocenters.